The van der Waals surface area contributed by atoms with E-state index in [9.17, 15) is 4.79 Å². The average molecular weight is 292 g/mol. The van der Waals surface area contributed by atoms with Crippen molar-refractivity contribution in [1.29, 1.82) is 0 Å². The standard InChI is InChI=1S/C21H24O/c1-9-11(3)15(7)19-17(13(9)5)18-14(6)10(2)12(4)16(8)20(18)21(19)22/h1-8H3. The van der Waals surface area contributed by atoms with Crippen LogP contribution in [0.2, 0.25) is 0 Å². The monoisotopic (exact) mass is 292 g/mol. The van der Waals surface area contributed by atoms with E-state index >= 15 is 0 Å². The number of hydrogen-bond donors (Lipinski definition) is 0. The van der Waals surface area contributed by atoms with Crippen LogP contribution in [0.25, 0.3) is 11.1 Å². The molecule has 0 spiro atoms. The Morgan fingerprint density at radius 3 is 0.864 bits per heavy atom. The van der Waals surface area contributed by atoms with Crippen molar-refractivity contribution in [3.05, 3.63) is 55.6 Å². The molecule has 0 bridgehead atoms. The number of ketones is 1. The van der Waals surface area contributed by atoms with Crippen molar-refractivity contribution in [3.8, 4) is 11.1 Å². The largest absolute Gasteiger partial charge is 0.289 e. The predicted octanol–water partition coefficient (Wildman–Crippen LogP) is 5.37. The van der Waals surface area contributed by atoms with Crippen molar-refractivity contribution in [2.45, 2.75) is 55.4 Å². The topological polar surface area (TPSA) is 17.1 Å². The molecule has 0 heterocycles. The Morgan fingerprint density at radius 1 is 0.364 bits per heavy atom. The van der Waals surface area contributed by atoms with Gasteiger partial charge in [0.25, 0.3) is 0 Å². The Labute approximate surface area is 133 Å². The van der Waals surface area contributed by atoms with E-state index in [1.165, 1.54) is 44.5 Å². The highest BCUT2D eigenvalue weighted by Crippen LogP contribution is 2.47. The minimum atomic E-state index is 0.220. The zero-order chi connectivity index (χ0) is 16.5. The predicted molar refractivity (Wildman–Crippen MR) is 93.2 cm³/mol. The first-order valence-electron chi connectivity index (χ1n) is 7.95. The summed E-state index contributed by atoms with van der Waals surface area (Å²) >= 11 is 0. The van der Waals surface area contributed by atoms with Gasteiger partial charge in [0.05, 0.1) is 0 Å². The van der Waals surface area contributed by atoms with Gasteiger partial charge in [-0.25, -0.2) is 0 Å². The van der Waals surface area contributed by atoms with Crippen molar-refractivity contribution >= 4 is 5.78 Å². The average Bonchev–Trinajstić information content (AvgIpc) is 2.80. The molecular weight excluding hydrogens is 268 g/mol. The Hall–Kier alpha value is -1.89. The maximum absolute atomic E-state index is 13.2. The summed E-state index contributed by atoms with van der Waals surface area (Å²) in [6, 6.07) is 0. The third kappa shape index (κ3) is 1.57. The number of carbonyl (C=O) groups excluding carboxylic acids is 1. The molecule has 114 valence electrons. The van der Waals surface area contributed by atoms with E-state index in [0.717, 1.165) is 22.3 Å². The number of fused-ring (bicyclic) bond motifs is 3. The van der Waals surface area contributed by atoms with Crippen LogP contribution in [0.1, 0.15) is 60.4 Å². The summed E-state index contributed by atoms with van der Waals surface area (Å²) in [5.41, 5.74) is 14.2. The van der Waals surface area contributed by atoms with E-state index in [0.29, 0.717) is 0 Å². The molecule has 1 heteroatoms. The van der Waals surface area contributed by atoms with Crippen LogP contribution < -0.4 is 0 Å². The van der Waals surface area contributed by atoms with E-state index in [1.807, 2.05) is 0 Å². The van der Waals surface area contributed by atoms with Crippen LogP contribution in [0.5, 0.6) is 0 Å². The van der Waals surface area contributed by atoms with Crippen LogP contribution in [0.3, 0.4) is 0 Å². The molecule has 0 N–H and O–H groups in total. The summed E-state index contributed by atoms with van der Waals surface area (Å²) in [6.45, 7) is 17.1. The minimum Gasteiger partial charge on any atom is -0.289 e. The molecule has 0 saturated heterocycles. The summed E-state index contributed by atoms with van der Waals surface area (Å²) in [4.78, 5) is 13.2. The summed E-state index contributed by atoms with van der Waals surface area (Å²) in [5.74, 6) is 0.220. The summed E-state index contributed by atoms with van der Waals surface area (Å²) in [7, 11) is 0. The van der Waals surface area contributed by atoms with Gasteiger partial charge in [0.2, 0.25) is 0 Å². The Bertz CT molecular complexity index is 795. The van der Waals surface area contributed by atoms with Crippen molar-refractivity contribution in [2.75, 3.05) is 0 Å². The highest BCUT2D eigenvalue weighted by molar-refractivity contribution is 6.24. The van der Waals surface area contributed by atoms with Gasteiger partial charge in [-0.3, -0.25) is 4.79 Å². The fraction of sp³-hybridized carbons (Fsp3) is 0.381. The molecule has 0 aliphatic heterocycles. The zero-order valence-corrected chi connectivity index (χ0v) is 14.9. The SMILES string of the molecule is Cc1c(C)c(C)c2c(c1C)C(=O)c1c(C)c(C)c(C)c(C)c1-2. The molecule has 1 aliphatic rings. The first-order chi connectivity index (χ1) is 10.2. The molecule has 0 radical (unpaired) electrons. The van der Waals surface area contributed by atoms with E-state index in [1.54, 1.807) is 0 Å². The maximum atomic E-state index is 13.2. The van der Waals surface area contributed by atoms with Crippen LogP contribution in [-0.4, -0.2) is 5.78 Å². The van der Waals surface area contributed by atoms with Crippen LogP contribution in [0.4, 0.5) is 0 Å². The molecule has 0 fully saturated rings. The van der Waals surface area contributed by atoms with Gasteiger partial charge in [0, 0.05) is 11.1 Å². The lowest BCUT2D eigenvalue weighted by atomic mass is 9.86. The first-order valence-corrected chi connectivity index (χ1v) is 7.95. The van der Waals surface area contributed by atoms with Gasteiger partial charge < -0.3 is 0 Å². The second kappa shape index (κ2) is 4.55. The second-order valence-electron chi connectivity index (χ2n) is 6.83. The van der Waals surface area contributed by atoms with Gasteiger partial charge in [-0.2, -0.15) is 0 Å². The molecule has 0 saturated carbocycles. The lowest BCUT2D eigenvalue weighted by Gasteiger charge is -2.18. The van der Waals surface area contributed by atoms with E-state index in [2.05, 4.69) is 55.4 Å². The van der Waals surface area contributed by atoms with Crippen LogP contribution in [0, 0.1) is 55.4 Å². The molecule has 22 heavy (non-hydrogen) atoms. The van der Waals surface area contributed by atoms with Crippen molar-refractivity contribution in [2.24, 2.45) is 0 Å². The molecule has 0 unspecified atom stereocenters. The highest BCUT2D eigenvalue weighted by Gasteiger charge is 2.35. The Morgan fingerprint density at radius 2 is 0.591 bits per heavy atom. The first kappa shape index (κ1) is 15.0. The van der Waals surface area contributed by atoms with E-state index in [-0.39, 0.29) is 5.78 Å². The summed E-state index contributed by atoms with van der Waals surface area (Å²) in [6.07, 6.45) is 0. The normalized spacial score (nSPS) is 12.6. The molecule has 2 aromatic rings. The lowest BCUT2D eigenvalue weighted by Crippen LogP contribution is -2.05. The quantitative estimate of drug-likeness (QED) is 0.544. The molecule has 3 rings (SSSR count). The zero-order valence-electron chi connectivity index (χ0n) is 14.9. The van der Waals surface area contributed by atoms with Gasteiger partial charge in [-0.1, -0.05) is 0 Å². The molecule has 0 aromatic heterocycles. The molecule has 0 atom stereocenters. The van der Waals surface area contributed by atoms with E-state index < -0.39 is 0 Å². The second-order valence-corrected chi connectivity index (χ2v) is 6.83. The minimum absolute atomic E-state index is 0.220. The third-order valence-corrected chi connectivity index (χ3v) is 6.08. The number of rotatable bonds is 0. The van der Waals surface area contributed by atoms with Gasteiger partial charge in [0.15, 0.2) is 5.78 Å². The van der Waals surface area contributed by atoms with Crippen LogP contribution in [0.15, 0.2) is 0 Å². The van der Waals surface area contributed by atoms with Gasteiger partial charge >= 0.3 is 0 Å². The summed E-state index contributed by atoms with van der Waals surface area (Å²) < 4.78 is 0. The van der Waals surface area contributed by atoms with Gasteiger partial charge in [0.1, 0.15) is 0 Å². The smallest absolute Gasteiger partial charge is 0.194 e. The highest BCUT2D eigenvalue weighted by atomic mass is 16.1. The molecule has 2 aromatic carbocycles. The van der Waals surface area contributed by atoms with Crippen molar-refractivity contribution in [1.82, 2.24) is 0 Å². The van der Waals surface area contributed by atoms with Crippen LogP contribution >= 0.6 is 0 Å². The fourth-order valence-electron chi connectivity index (χ4n) is 3.94. The lowest BCUT2D eigenvalue weighted by molar-refractivity contribution is 0.104. The molecule has 1 nitrogen and oxygen atoms in total. The number of benzene rings is 2. The van der Waals surface area contributed by atoms with Crippen LogP contribution in [-0.2, 0) is 0 Å². The Balaban J connectivity index is 2.59. The fourth-order valence-corrected chi connectivity index (χ4v) is 3.94. The maximum Gasteiger partial charge on any atom is 0.194 e. The van der Waals surface area contributed by atoms with Crippen molar-refractivity contribution in [3.63, 3.8) is 0 Å². The Kier molecular flexibility index (Phi) is 3.11. The number of carbonyl (C=O) groups is 1. The molecular formula is C21H24O. The number of hydrogen-bond acceptors (Lipinski definition) is 1. The molecule has 0 amide bonds. The van der Waals surface area contributed by atoms with Gasteiger partial charge in [-0.05, 0) is 111 Å². The van der Waals surface area contributed by atoms with E-state index in [4.69, 9.17) is 0 Å². The summed E-state index contributed by atoms with van der Waals surface area (Å²) in [5, 5.41) is 0. The third-order valence-electron chi connectivity index (χ3n) is 6.08. The molecule has 1 aliphatic carbocycles. The van der Waals surface area contributed by atoms with Gasteiger partial charge in [-0.15, -0.1) is 0 Å². The van der Waals surface area contributed by atoms with Crippen molar-refractivity contribution < 1.29 is 4.79 Å².